The van der Waals surface area contributed by atoms with Gasteiger partial charge in [0.1, 0.15) is 43.2 Å². The highest BCUT2D eigenvalue weighted by Gasteiger charge is 2.57. The number of hydrogen-bond acceptors (Lipinski definition) is 12. The fourth-order valence-corrected chi connectivity index (χ4v) is 3.89. The van der Waals surface area contributed by atoms with E-state index in [-0.39, 0.29) is 13.2 Å². The molecule has 4 N–H and O–H groups in total. The van der Waals surface area contributed by atoms with Gasteiger partial charge >= 0.3 is 11.9 Å². The molecule has 0 aromatic heterocycles. The Hall–Kier alpha value is -1.42. The fourth-order valence-electron chi connectivity index (χ4n) is 3.89. The molecular weight excluding hydrogens is 436 g/mol. The minimum Gasteiger partial charge on any atom is -0.477 e. The number of aliphatic hydroxyl groups excluding tert-OH is 3. The van der Waals surface area contributed by atoms with Gasteiger partial charge in [0.15, 0.2) is 12.6 Å². The first kappa shape index (κ1) is 25.2. The number of rotatable bonds is 6. The van der Waals surface area contributed by atoms with Crippen molar-refractivity contribution in [2.45, 2.75) is 81.9 Å². The average molecular weight is 466 g/mol. The minimum atomic E-state index is -2.01. The van der Waals surface area contributed by atoms with E-state index in [4.69, 9.17) is 33.2 Å². The molecule has 0 aromatic rings. The van der Waals surface area contributed by atoms with E-state index >= 15 is 0 Å². The summed E-state index contributed by atoms with van der Waals surface area (Å²) in [6, 6.07) is 0. The number of carboxylic acids is 1. The smallest absolute Gasteiger partial charge is 0.364 e. The molecule has 3 fully saturated rings. The number of aliphatic carboxylic acids is 1. The molecule has 13 heteroatoms. The van der Waals surface area contributed by atoms with Crippen LogP contribution in [0.3, 0.4) is 0 Å². The number of aliphatic hydroxyl groups is 3. The summed E-state index contributed by atoms with van der Waals surface area (Å²) >= 11 is 0. The van der Waals surface area contributed by atoms with Gasteiger partial charge in [-0.2, -0.15) is 0 Å². The first-order valence-electron chi connectivity index (χ1n) is 10.2. The molecule has 184 valence electrons. The van der Waals surface area contributed by atoms with Crippen LogP contribution in [0.5, 0.6) is 0 Å². The lowest BCUT2D eigenvalue weighted by atomic mass is 9.90. The number of hydrogen-bond donors (Lipinski definition) is 4. The van der Waals surface area contributed by atoms with Crippen molar-refractivity contribution in [1.82, 2.24) is 0 Å². The summed E-state index contributed by atoms with van der Waals surface area (Å²) in [5, 5.41) is 41.2. The van der Waals surface area contributed by atoms with Crippen LogP contribution in [0.2, 0.25) is 0 Å². The normalized spacial score (nSPS) is 46.8. The van der Waals surface area contributed by atoms with E-state index in [9.17, 15) is 30.0 Å². The topological polar surface area (TPSA) is 180 Å². The third kappa shape index (κ3) is 4.90. The Balaban J connectivity index is 1.82. The molecule has 0 amide bonds. The third-order valence-corrected chi connectivity index (χ3v) is 5.91. The van der Waals surface area contributed by atoms with Gasteiger partial charge in [-0.3, -0.25) is 4.79 Å². The average Bonchev–Trinajstić information content (AvgIpc) is 2.74. The maximum Gasteiger partial charge on any atom is 0.364 e. The van der Waals surface area contributed by atoms with Gasteiger partial charge in [-0.05, 0) is 0 Å². The molecule has 13 nitrogen and oxygen atoms in total. The van der Waals surface area contributed by atoms with E-state index in [0.29, 0.717) is 0 Å². The van der Waals surface area contributed by atoms with E-state index in [1.807, 2.05) is 0 Å². The van der Waals surface area contributed by atoms with E-state index in [1.54, 1.807) is 6.92 Å². The summed E-state index contributed by atoms with van der Waals surface area (Å²) in [4.78, 5) is 22.7. The van der Waals surface area contributed by atoms with Crippen molar-refractivity contribution in [2.75, 3.05) is 20.3 Å². The van der Waals surface area contributed by atoms with Gasteiger partial charge in [-0.1, -0.05) is 6.92 Å². The van der Waals surface area contributed by atoms with Crippen LogP contribution >= 0.6 is 0 Å². The molecule has 3 rings (SSSR count). The molecule has 3 heterocycles. The molecule has 6 unspecified atom stereocenters. The van der Waals surface area contributed by atoms with E-state index in [2.05, 4.69) is 0 Å². The number of ether oxygens (including phenoxy) is 7. The third-order valence-electron chi connectivity index (χ3n) is 5.91. The first-order valence-corrected chi connectivity index (χ1v) is 10.2. The summed E-state index contributed by atoms with van der Waals surface area (Å²) in [7, 11) is 1.30. The van der Waals surface area contributed by atoms with Crippen LogP contribution in [0.15, 0.2) is 0 Å². The molecule has 11 atom stereocenters. The summed E-state index contributed by atoms with van der Waals surface area (Å²) in [6.07, 6.45) is -10.7. The molecule has 0 radical (unpaired) electrons. The van der Waals surface area contributed by atoms with Crippen LogP contribution in [0.1, 0.15) is 20.8 Å². The number of carbonyl (C=O) groups is 2. The molecule has 32 heavy (non-hydrogen) atoms. The molecule has 3 aliphatic rings. The molecule has 0 spiro atoms. The van der Waals surface area contributed by atoms with Crippen molar-refractivity contribution in [3.05, 3.63) is 0 Å². The standard InChI is InChI=1S/C19H30O13/c1-7-11(21)9(5-27-8(2)20)29-17(12(7)22)31-15-13(23)16(26-4)30-10-6-28-19(3,18(24)25)32-14(10)15/h7,9-17,21-23H,5-6H2,1-4H3,(H,24,25)/t7?,9?,10?,11-,12?,13-,14-,15?,16+,17-,19?/m0/s1. The van der Waals surface area contributed by atoms with Crippen molar-refractivity contribution in [3.8, 4) is 0 Å². The second kappa shape index (κ2) is 9.83. The predicted octanol–water partition coefficient (Wildman–Crippen LogP) is -2.03. The van der Waals surface area contributed by atoms with Gasteiger partial charge < -0.3 is 53.6 Å². The summed E-state index contributed by atoms with van der Waals surface area (Å²) in [5.74, 6) is -4.71. The molecule has 0 saturated carbocycles. The monoisotopic (exact) mass is 466 g/mol. The highest BCUT2D eigenvalue weighted by atomic mass is 16.8. The Morgan fingerprint density at radius 3 is 2.38 bits per heavy atom. The van der Waals surface area contributed by atoms with Crippen molar-refractivity contribution in [1.29, 1.82) is 0 Å². The molecule has 0 aromatic carbocycles. The van der Waals surface area contributed by atoms with Crippen LogP contribution in [-0.2, 0) is 42.7 Å². The lowest BCUT2D eigenvalue weighted by Crippen LogP contribution is -2.68. The lowest BCUT2D eigenvalue weighted by Gasteiger charge is -2.50. The van der Waals surface area contributed by atoms with Gasteiger partial charge in [0, 0.05) is 26.9 Å². The molecular formula is C19H30O13. The van der Waals surface area contributed by atoms with E-state index < -0.39 is 79.0 Å². The van der Waals surface area contributed by atoms with Crippen LogP contribution in [-0.4, -0.2) is 114 Å². The highest BCUT2D eigenvalue weighted by molar-refractivity contribution is 5.75. The second-order valence-electron chi connectivity index (χ2n) is 8.20. The maximum atomic E-state index is 11.6. The van der Waals surface area contributed by atoms with Crippen LogP contribution in [0.4, 0.5) is 0 Å². The van der Waals surface area contributed by atoms with Gasteiger partial charge in [0.2, 0.25) is 0 Å². The number of esters is 1. The largest absolute Gasteiger partial charge is 0.477 e. The number of fused-ring (bicyclic) bond motifs is 1. The van der Waals surface area contributed by atoms with Gasteiger partial charge in [0.25, 0.3) is 5.79 Å². The Morgan fingerprint density at radius 2 is 1.78 bits per heavy atom. The zero-order chi connectivity index (χ0) is 23.8. The van der Waals surface area contributed by atoms with Crippen molar-refractivity contribution in [3.63, 3.8) is 0 Å². The zero-order valence-corrected chi connectivity index (χ0v) is 18.2. The quantitative estimate of drug-likeness (QED) is 0.315. The molecule has 0 aliphatic carbocycles. The van der Waals surface area contributed by atoms with Crippen LogP contribution in [0.25, 0.3) is 0 Å². The van der Waals surface area contributed by atoms with Gasteiger partial charge in [-0.15, -0.1) is 0 Å². The van der Waals surface area contributed by atoms with E-state index in [1.165, 1.54) is 21.0 Å². The second-order valence-corrected chi connectivity index (χ2v) is 8.20. The summed E-state index contributed by atoms with van der Waals surface area (Å²) in [5.41, 5.74) is 0. The summed E-state index contributed by atoms with van der Waals surface area (Å²) in [6.45, 7) is 3.50. The number of carboxylic acid groups (broad SMARTS) is 1. The lowest BCUT2D eigenvalue weighted by molar-refractivity contribution is -0.400. The highest BCUT2D eigenvalue weighted by Crippen LogP contribution is 2.37. The van der Waals surface area contributed by atoms with E-state index in [0.717, 1.165) is 0 Å². The van der Waals surface area contributed by atoms with Crippen LogP contribution in [0, 0.1) is 5.92 Å². The first-order chi connectivity index (χ1) is 15.0. The van der Waals surface area contributed by atoms with Crippen molar-refractivity contribution < 1.29 is 63.2 Å². The Labute approximate surface area is 184 Å². The molecule has 3 aliphatic heterocycles. The molecule has 0 bridgehead atoms. The summed E-state index contributed by atoms with van der Waals surface area (Å²) < 4.78 is 38.1. The Bertz CT molecular complexity index is 688. The predicted molar refractivity (Wildman–Crippen MR) is 99.9 cm³/mol. The van der Waals surface area contributed by atoms with Gasteiger partial charge in [-0.25, -0.2) is 4.79 Å². The Morgan fingerprint density at radius 1 is 1.09 bits per heavy atom. The maximum absolute atomic E-state index is 11.6. The van der Waals surface area contributed by atoms with Gasteiger partial charge in [0.05, 0.1) is 12.7 Å². The minimum absolute atomic E-state index is 0.182. The van der Waals surface area contributed by atoms with Crippen molar-refractivity contribution in [2.24, 2.45) is 5.92 Å². The zero-order valence-electron chi connectivity index (χ0n) is 18.2. The number of methoxy groups -OCH3 is 1. The SMILES string of the molecule is CO[C@@H]1OC2COC(C)(C(=O)O)O[C@@H]2C(O[C@@H]2OC(COC(C)=O)[C@@H](O)C(C)C2O)[C@@H]1O. The fraction of sp³-hybridized carbons (Fsp3) is 0.895. The van der Waals surface area contributed by atoms with Crippen molar-refractivity contribution >= 4 is 11.9 Å². The number of carbonyl (C=O) groups excluding carboxylic acids is 1. The Kier molecular flexibility index (Phi) is 7.74. The molecule has 3 saturated heterocycles. The van der Waals surface area contributed by atoms with Crippen LogP contribution < -0.4 is 0 Å².